The number of ether oxygens (including phenoxy) is 1. The molecule has 1 N–H and O–H groups in total. The average Bonchev–Trinajstić information content (AvgIpc) is 3.17. The number of aryl methyl sites for hydroxylation is 1. The zero-order valence-electron chi connectivity index (χ0n) is 17.4. The predicted octanol–water partition coefficient (Wildman–Crippen LogP) is 3.98. The summed E-state index contributed by atoms with van der Waals surface area (Å²) < 4.78 is 6.82. The number of piperidine rings is 1. The van der Waals surface area contributed by atoms with Gasteiger partial charge in [0.2, 0.25) is 5.72 Å². The maximum Gasteiger partial charge on any atom is 0.208 e. The summed E-state index contributed by atoms with van der Waals surface area (Å²) >= 11 is 6.11. The molecule has 3 aliphatic heterocycles. The van der Waals surface area contributed by atoms with E-state index in [1.54, 1.807) is 4.90 Å². The smallest absolute Gasteiger partial charge is 0.208 e. The molecule has 1 atom stereocenters. The van der Waals surface area contributed by atoms with Gasteiger partial charge in [-0.3, -0.25) is 0 Å². The predicted molar refractivity (Wildman–Crippen MR) is 117 cm³/mol. The minimum atomic E-state index is -0.337. The van der Waals surface area contributed by atoms with E-state index in [-0.39, 0.29) is 11.8 Å². The summed E-state index contributed by atoms with van der Waals surface area (Å²) in [5.41, 5.74) is 4.43. The number of fused-ring (bicyclic) bond motifs is 4. The van der Waals surface area contributed by atoms with Crippen molar-refractivity contribution in [1.29, 1.82) is 0 Å². The van der Waals surface area contributed by atoms with Gasteiger partial charge in [0, 0.05) is 17.0 Å². The summed E-state index contributed by atoms with van der Waals surface area (Å²) in [6.45, 7) is 9.02. The first kappa shape index (κ1) is 19.0. The van der Waals surface area contributed by atoms with Crippen LogP contribution >= 0.6 is 11.6 Å². The molecule has 0 aromatic heterocycles. The molecule has 5 heteroatoms. The van der Waals surface area contributed by atoms with Crippen molar-refractivity contribution in [2.24, 2.45) is 5.10 Å². The Balaban J connectivity index is 1.55. The monoisotopic (exact) mass is 410 g/mol. The van der Waals surface area contributed by atoms with Crippen LogP contribution in [0.25, 0.3) is 0 Å². The molecule has 2 aromatic rings. The minimum Gasteiger partial charge on any atom is -0.465 e. The van der Waals surface area contributed by atoms with E-state index in [1.807, 2.05) is 12.1 Å². The molecule has 0 unspecified atom stereocenters. The number of halogens is 1. The van der Waals surface area contributed by atoms with Gasteiger partial charge in [0.15, 0.2) is 0 Å². The van der Waals surface area contributed by atoms with Crippen LogP contribution in [0.15, 0.2) is 47.6 Å². The molecule has 2 aromatic carbocycles. The number of para-hydroxylation sites is 1. The standard InChI is InChI=1S/C24H28ClN3O/c1-16(2)27-13-11-24(12-14-27)28-22(20-6-4-5-17(3)23(20)29-24)15-21(26-28)18-7-9-19(25)10-8-18/h4-10,16,22H,11-15H2,1-3H3/p+1/t22-/m0/s1. The summed E-state index contributed by atoms with van der Waals surface area (Å²) in [5.74, 6) is 1.08. The van der Waals surface area contributed by atoms with Crippen LogP contribution in [0.4, 0.5) is 0 Å². The van der Waals surface area contributed by atoms with Gasteiger partial charge in [0.1, 0.15) is 5.75 Å². The molecule has 0 bridgehead atoms. The van der Waals surface area contributed by atoms with Crippen molar-refractivity contribution in [3.8, 4) is 5.75 Å². The first-order valence-corrected chi connectivity index (χ1v) is 11.1. The molecule has 3 aliphatic rings. The number of nitrogens with zero attached hydrogens (tertiary/aromatic N) is 2. The number of hydrogen-bond donors (Lipinski definition) is 1. The van der Waals surface area contributed by atoms with Gasteiger partial charge < -0.3 is 9.64 Å². The van der Waals surface area contributed by atoms with E-state index in [9.17, 15) is 0 Å². The maximum absolute atomic E-state index is 6.82. The molecule has 1 fully saturated rings. The van der Waals surface area contributed by atoms with E-state index in [0.29, 0.717) is 6.04 Å². The topological polar surface area (TPSA) is 29.3 Å². The Kier molecular flexibility index (Phi) is 4.60. The van der Waals surface area contributed by atoms with Gasteiger partial charge in [-0.1, -0.05) is 41.9 Å². The number of likely N-dealkylation sites (tertiary alicyclic amines) is 1. The van der Waals surface area contributed by atoms with Crippen LogP contribution in [0.2, 0.25) is 5.02 Å². The number of benzene rings is 2. The molecule has 0 aliphatic carbocycles. The second-order valence-corrected chi connectivity index (χ2v) is 9.41. The molecular formula is C24H29ClN3O+. The molecule has 1 saturated heterocycles. The Morgan fingerprint density at radius 3 is 2.55 bits per heavy atom. The highest BCUT2D eigenvalue weighted by Crippen LogP contribution is 2.50. The van der Waals surface area contributed by atoms with Gasteiger partial charge in [-0.25, -0.2) is 5.01 Å². The van der Waals surface area contributed by atoms with E-state index >= 15 is 0 Å². The van der Waals surface area contributed by atoms with Crippen molar-refractivity contribution in [2.75, 3.05) is 13.1 Å². The number of hydrazone groups is 1. The SMILES string of the molecule is Cc1cccc2c1OC1(CC[NH+](C(C)C)CC1)N1N=C(c3ccc(Cl)cc3)C[C@@H]21. The summed E-state index contributed by atoms with van der Waals surface area (Å²) in [5, 5.41) is 8.22. The average molecular weight is 411 g/mol. The van der Waals surface area contributed by atoms with E-state index in [2.05, 4.69) is 56.1 Å². The fourth-order valence-corrected chi connectivity index (χ4v) is 5.25. The third-order valence-electron chi connectivity index (χ3n) is 6.89. The Morgan fingerprint density at radius 2 is 1.86 bits per heavy atom. The van der Waals surface area contributed by atoms with E-state index in [4.69, 9.17) is 21.4 Å². The lowest BCUT2D eigenvalue weighted by Gasteiger charge is -2.50. The normalized spacial score (nSPS) is 28.2. The molecule has 152 valence electrons. The van der Waals surface area contributed by atoms with Crippen molar-refractivity contribution >= 4 is 17.3 Å². The maximum atomic E-state index is 6.82. The van der Waals surface area contributed by atoms with Crippen LogP contribution in [-0.2, 0) is 0 Å². The third-order valence-corrected chi connectivity index (χ3v) is 7.14. The van der Waals surface area contributed by atoms with Crippen molar-refractivity contribution < 1.29 is 9.64 Å². The van der Waals surface area contributed by atoms with Crippen LogP contribution in [0.5, 0.6) is 5.75 Å². The molecule has 1 spiro atoms. The lowest BCUT2D eigenvalue weighted by atomic mass is 9.89. The summed E-state index contributed by atoms with van der Waals surface area (Å²) in [6.07, 6.45) is 2.91. The van der Waals surface area contributed by atoms with Crippen LogP contribution in [0.1, 0.15) is 55.8 Å². The van der Waals surface area contributed by atoms with Crippen LogP contribution < -0.4 is 9.64 Å². The highest BCUT2D eigenvalue weighted by molar-refractivity contribution is 6.30. The molecule has 0 saturated carbocycles. The van der Waals surface area contributed by atoms with E-state index < -0.39 is 0 Å². The summed E-state index contributed by atoms with van der Waals surface area (Å²) in [4.78, 5) is 1.66. The number of quaternary nitrogens is 1. The number of hydrogen-bond acceptors (Lipinski definition) is 3. The molecule has 0 radical (unpaired) electrons. The molecule has 3 heterocycles. The fourth-order valence-electron chi connectivity index (χ4n) is 5.13. The number of rotatable bonds is 2. The minimum absolute atomic E-state index is 0.241. The molecule has 4 nitrogen and oxygen atoms in total. The lowest BCUT2D eigenvalue weighted by molar-refractivity contribution is -0.929. The van der Waals surface area contributed by atoms with Crippen LogP contribution in [0.3, 0.4) is 0 Å². The van der Waals surface area contributed by atoms with Gasteiger partial charge in [-0.05, 0) is 44.0 Å². The van der Waals surface area contributed by atoms with Crippen molar-refractivity contribution in [1.82, 2.24) is 5.01 Å². The van der Waals surface area contributed by atoms with Gasteiger partial charge in [-0.2, -0.15) is 5.10 Å². The van der Waals surface area contributed by atoms with Crippen LogP contribution in [0, 0.1) is 6.92 Å². The second kappa shape index (κ2) is 7.03. The fraction of sp³-hybridized carbons (Fsp3) is 0.458. The Labute approximate surface area is 178 Å². The van der Waals surface area contributed by atoms with E-state index in [0.717, 1.165) is 54.4 Å². The highest BCUT2D eigenvalue weighted by atomic mass is 35.5. The van der Waals surface area contributed by atoms with Crippen molar-refractivity contribution in [3.63, 3.8) is 0 Å². The summed E-state index contributed by atoms with van der Waals surface area (Å²) in [7, 11) is 0. The Hall–Kier alpha value is -2.04. The van der Waals surface area contributed by atoms with Crippen molar-refractivity contribution in [3.05, 3.63) is 64.2 Å². The second-order valence-electron chi connectivity index (χ2n) is 8.97. The van der Waals surface area contributed by atoms with Gasteiger partial charge in [-0.15, -0.1) is 0 Å². The first-order valence-electron chi connectivity index (χ1n) is 10.7. The van der Waals surface area contributed by atoms with Crippen LogP contribution in [-0.4, -0.2) is 35.6 Å². The largest absolute Gasteiger partial charge is 0.465 e. The zero-order chi connectivity index (χ0) is 20.2. The Morgan fingerprint density at radius 1 is 1.14 bits per heavy atom. The molecular weight excluding hydrogens is 382 g/mol. The van der Waals surface area contributed by atoms with Gasteiger partial charge in [0.25, 0.3) is 0 Å². The van der Waals surface area contributed by atoms with Gasteiger partial charge in [0.05, 0.1) is 43.7 Å². The molecule has 5 rings (SSSR count). The zero-order valence-corrected chi connectivity index (χ0v) is 18.2. The first-order chi connectivity index (χ1) is 14.0. The highest BCUT2D eigenvalue weighted by Gasteiger charge is 2.53. The lowest BCUT2D eigenvalue weighted by Crippen LogP contribution is -3.16. The van der Waals surface area contributed by atoms with Gasteiger partial charge >= 0.3 is 0 Å². The number of nitrogens with one attached hydrogen (secondary N) is 1. The quantitative estimate of drug-likeness (QED) is 0.811. The molecule has 29 heavy (non-hydrogen) atoms. The van der Waals surface area contributed by atoms with Crippen molar-refractivity contribution in [2.45, 2.75) is 57.8 Å². The van der Waals surface area contributed by atoms with E-state index in [1.165, 1.54) is 11.1 Å². The third kappa shape index (κ3) is 3.13. The molecule has 0 amide bonds. The summed E-state index contributed by atoms with van der Waals surface area (Å²) in [6, 6.07) is 15.5. The Bertz CT molecular complexity index is 945.